The van der Waals surface area contributed by atoms with Crippen LogP contribution < -0.4 is 9.42 Å². The molecule has 96 heavy (non-hydrogen) atoms. The van der Waals surface area contributed by atoms with E-state index in [1.165, 1.54) is 16.7 Å². The van der Waals surface area contributed by atoms with Gasteiger partial charge < -0.3 is 13.9 Å². The van der Waals surface area contributed by atoms with E-state index in [2.05, 4.69) is 359 Å². The molecule has 0 radical (unpaired) electrons. The quantitative estimate of drug-likeness (QED) is 0.0905. The Morgan fingerprint density at radius 1 is 0.375 bits per heavy atom. The van der Waals surface area contributed by atoms with Crippen LogP contribution in [0.15, 0.2) is 261 Å². The van der Waals surface area contributed by atoms with Gasteiger partial charge in [-0.1, -0.05) is 270 Å². The number of ether oxygens (including phenoxy) is 1. The van der Waals surface area contributed by atoms with Crippen molar-refractivity contribution < 1.29 is 30.5 Å². The topological polar surface area (TPSA) is 48.8 Å². The molecule has 0 aliphatic rings. The molecule has 3 aromatic heterocycles. The Kier molecular flexibility index (Phi) is 17.3. The summed E-state index contributed by atoms with van der Waals surface area (Å²) < 4.78 is 13.5. The van der Waals surface area contributed by atoms with Crippen LogP contribution in [0.4, 0.5) is 0 Å². The first-order valence-corrected chi connectivity index (χ1v) is 33.0. The van der Waals surface area contributed by atoms with Gasteiger partial charge in [0.15, 0.2) is 5.82 Å². The molecular formula is C89H79N5OPt-2. The predicted molar refractivity (Wildman–Crippen MR) is 393 cm³/mol. The van der Waals surface area contributed by atoms with Crippen molar-refractivity contribution in [3.63, 3.8) is 0 Å². The van der Waals surface area contributed by atoms with Crippen molar-refractivity contribution in [3.8, 4) is 107 Å². The standard InChI is InChI=1S/C89H79N5O.Pt/c1-86(2,3)69-42-43-90-83(55-69)94-81-39-26-25-36-79(81)80-41-40-75(57-82(80)94)95-76-54-72(89(10,11)12)51-73(56-76)92-58-93(74-52-70(87(4,5)6)50-71(53-74)88(7,8)9)91-85(92)84-77(67-46-63(59-28-17-13-18-29-59)44-64(47-67)60-30-19-14-20-31-60)37-27-38-78(84)68-48-65(61-32-21-15-22-33-61)45-66(49-68)62-34-23-16-24-35-62;/h13-55H,1-12H3;/q-2;. The van der Waals surface area contributed by atoms with Crippen LogP contribution in [0.1, 0.15) is 105 Å². The molecule has 0 aliphatic heterocycles. The third kappa shape index (κ3) is 13.1. The zero-order chi connectivity index (χ0) is 66.0. The Morgan fingerprint density at radius 2 is 0.833 bits per heavy atom. The fraction of sp³-hybridized carbons (Fsp3) is 0.180. The second-order valence-corrected chi connectivity index (χ2v) is 29.3. The maximum Gasteiger partial charge on any atom is 0.272 e. The summed E-state index contributed by atoms with van der Waals surface area (Å²) in [4.78, 5) is 4.99. The van der Waals surface area contributed by atoms with Crippen LogP contribution in [-0.4, -0.2) is 19.2 Å². The Labute approximate surface area is 580 Å². The monoisotopic (exact) mass is 1430 g/mol. The van der Waals surface area contributed by atoms with Gasteiger partial charge in [-0.2, -0.15) is 22.4 Å². The van der Waals surface area contributed by atoms with Gasteiger partial charge in [0.2, 0.25) is 0 Å². The molecule has 478 valence electrons. The minimum atomic E-state index is -0.342. The SMILES string of the molecule is CC(C)(C)c1cc(Oc2[c-]c3c(cc2)c2ccccc2n3-c2cc(C(C)(C)C)ccn2)[c-]c(-n2[c-][n+](-c3cc(C(C)(C)C)cc(C(C)(C)C)c3)nc2-c2c(-c3cc(-c4ccccc4)cc(-c4ccccc4)c3)cccc2-c2cc(-c3ccccc3)cc(-c3ccccc3)c2)c1.[Pt]. The molecule has 0 saturated heterocycles. The van der Waals surface area contributed by atoms with E-state index >= 15 is 0 Å². The van der Waals surface area contributed by atoms with Crippen LogP contribution in [0.25, 0.3) is 117 Å². The summed E-state index contributed by atoms with van der Waals surface area (Å²) in [5.41, 5.74) is 21.3. The van der Waals surface area contributed by atoms with E-state index in [0.717, 1.165) is 111 Å². The van der Waals surface area contributed by atoms with Crippen LogP contribution in [0.2, 0.25) is 0 Å². The van der Waals surface area contributed by atoms with Gasteiger partial charge in [-0.15, -0.1) is 34.8 Å². The Balaban J connectivity index is 0.00000833. The number of hydrogen-bond acceptors (Lipinski definition) is 3. The summed E-state index contributed by atoms with van der Waals surface area (Å²) in [7, 11) is 0. The van der Waals surface area contributed by atoms with Gasteiger partial charge in [-0.05, 0) is 165 Å². The number of para-hydroxylation sites is 1. The van der Waals surface area contributed by atoms with Crippen molar-refractivity contribution in [1.29, 1.82) is 0 Å². The minimum absolute atomic E-state index is 0. The molecule has 0 saturated carbocycles. The van der Waals surface area contributed by atoms with Crippen molar-refractivity contribution >= 4 is 21.8 Å². The molecule has 11 aromatic carbocycles. The molecule has 7 heteroatoms. The van der Waals surface area contributed by atoms with Gasteiger partial charge >= 0.3 is 0 Å². The van der Waals surface area contributed by atoms with Gasteiger partial charge in [0.1, 0.15) is 5.82 Å². The van der Waals surface area contributed by atoms with Crippen LogP contribution in [0, 0.1) is 18.5 Å². The van der Waals surface area contributed by atoms with Crippen molar-refractivity contribution in [2.45, 2.75) is 105 Å². The van der Waals surface area contributed by atoms with E-state index in [4.69, 9.17) is 14.8 Å². The first kappa shape index (κ1) is 64.7. The molecular weight excluding hydrogens is 1350 g/mol. The van der Waals surface area contributed by atoms with E-state index < -0.39 is 0 Å². The van der Waals surface area contributed by atoms with Crippen molar-refractivity contribution in [2.24, 2.45) is 0 Å². The Morgan fingerprint density at radius 3 is 1.32 bits per heavy atom. The number of rotatable bonds is 12. The van der Waals surface area contributed by atoms with Crippen LogP contribution in [0.3, 0.4) is 0 Å². The number of aromatic nitrogens is 5. The summed E-state index contributed by atoms with van der Waals surface area (Å²) in [6, 6.07) is 99.5. The average Bonchev–Trinajstić information content (AvgIpc) is 1.53. The van der Waals surface area contributed by atoms with Gasteiger partial charge in [-0.25, -0.2) is 4.98 Å². The van der Waals surface area contributed by atoms with E-state index in [1.807, 2.05) is 16.9 Å². The second-order valence-electron chi connectivity index (χ2n) is 29.3. The van der Waals surface area contributed by atoms with Crippen molar-refractivity contribution in [2.75, 3.05) is 0 Å². The minimum Gasteiger partial charge on any atom is -0.510 e. The first-order valence-electron chi connectivity index (χ1n) is 33.0. The van der Waals surface area contributed by atoms with E-state index in [-0.39, 0.29) is 42.7 Å². The number of benzene rings is 11. The Bertz CT molecular complexity index is 4880. The zero-order valence-corrected chi connectivity index (χ0v) is 59.1. The largest absolute Gasteiger partial charge is 0.510 e. The predicted octanol–water partition coefficient (Wildman–Crippen LogP) is 22.7. The van der Waals surface area contributed by atoms with Gasteiger partial charge in [0.05, 0.1) is 5.69 Å². The van der Waals surface area contributed by atoms with E-state index in [9.17, 15) is 0 Å². The summed E-state index contributed by atoms with van der Waals surface area (Å²) in [5.74, 6) is 2.57. The molecule has 0 unspecified atom stereocenters. The summed E-state index contributed by atoms with van der Waals surface area (Å²) in [5, 5.41) is 8.11. The molecule has 6 nitrogen and oxygen atoms in total. The van der Waals surface area contributed by atoms with Gasteiger partial charge in [0.25, 0.3) is 6.33 Å². The molecule has 0 fully saturated rings. The summed E-state index contributed by atoms with van der Waals surface area (Å²) in [6.07, 6.45) is 5.86. The maximum atomic E-state index is 7.20. The van der Waals surface area contributed by atoms with Crippen molar-refractivity contribution in [3.05, 3.63) is 302 Å². The molecule has 0 bridgehead atoms. The van der Waals surface area contributed by atoms with Crippen LogP contribution in [-0.2, 0) is 42.7 Å². The molecule has 0 atom stereocenters. The smallest absolute Gasteiger partial charge is 0.272 e. The molecule has 0 aliphatic carbocycles. The molecule has 0 amide bonds. The van der Waals surface area contributed by atoms with E-state index in [1.54, 1.807) is 0 Å². The average molecular weight is 1430 g/mol. The number of nitrogens with zero attached hydrogens (tertiary/aromatic N) is 5. The molecule has 3 heterocycles. The van der Waals surface area contributed by atoms with Crippen LogP contribution >= 0.6 is 0 Å². The van der Waals surface area contributed by atoms with Crippen LogP contribution in [0.5, 0.6) is 11.5 Å². The van der Waals surface area contributed by atoms with Gasteiger partial charge in [0, 0.05) is 49.8 Å². The number of fused-ring (bicyclic) bond motifs is 3. The molecule has 14 aromatic rings. The van der Waals surface area contributed by atoms with Crippen molar-refractivity contribution in [1.82, 2.24) is 19.2 Å². The molecule has 14 rings (SSSR count). The number of pyridine rings is 1. The third-order valence-corrected chi connectivity index (χ3v) is 18.3. The number of hydrogen-bond donors (Lipinski definition) is 0. The second kappa shape index (κ2) is 25.6. The zero-order valence-electron chi connectivity index (χ0n) is 56.8. The summed E-state index contributed by atoms with van der Waals surface area (Å²) in [6.45, 7) is 27.1. The summed E-state index contributed by atoms with van der Waals surface area (Å²) >= 11 is 0. The fourth-order valence-corrected chi connectivity index (χ4v) is 12.8. The third-order valence-electron chi connectivity index (χ3n) is 18.3. The normalized spacial score (nSPS) is 12.1. The van der Waals surface area contributed by atoms with E-state index in [0.29, 0.717) is 23.0 Å². The maximum absolute atomic E-state index is 7.20. The Hall–Kier alpha value is -10.0. The fourth-order valence-electron chi connectivity index (χ4n) is 12.8. The van der Waals surface area contributed by atoms with Gasteiger partial charge in [-0.3, -0.25) is 0 Å². The molecule has 0 spiro atoms. The first-order chi connectivity index (χ1) is 45.6. The molecule has 0 N–H and O–H groups in total.